The number of hydrogen-bond acceptors (Lipinski definition) is 4. The first-order valence-electron chi connectivity index (χ1n) is 9.21. The van der Waals surface area contributed by atoms with E-state index in [-0.39, 0.29) is 0 Å². The highest BCUT2D eigenvalue weighted by molar-refractivity contribution is 5.29. The highest BCUT2D eigenvalue weighted by atomic mass is 15.3. The number of benzene rings is 1. The first kappa shape index (κ1) is 15.6. The topological polar surface area (TPSA) is 32.3 Å². The van der Waals surface area contributed by atoms with E-state index in [2.05, 4.69) is 50.1 Å². The summed E-state index contributed by atoms with van der Waals surface area (Å²) in [5.74, 6) is 1.64. The minimum Gasteiger partial charge on any atom is -0.338 e. The highest BCUT2D eigenvalue weighted by Crippen LogP contribution is 2.35. The largest absolute Gasteiger partial charge is 0.338 e. The molecule has 0 unspecified atom stereocenters. The van der Waals surface area contributed by atoms with Crippen LogP contribution in [-0.4, -0.2) is 47.1 Å². The Hall–Kier alpha value is -1.94. The van der Waals surface area contributed by atoms with Crippen LogP contribution < -0.4 is 4.90 Å². The molecule has 0 amide bonds. The fourth-order valence-corrected chi connectivity index (χ4v) is 4.24. The van der Waals surface area contributed by atoms with Crippen LogP contribution in [0.25, 0.3) is 0 Å². The lowest BCUT2D eigenvalue weighted by atomic mass is 9.81. The van der Waals surface area contributed by atoms with Crippen LogP contribution in [0.2, 0.25) is 0 Å². The molecule has 1 aromatic carbocycles. The van der Waals surface area contributed by atoms with Crippen molar-refractivity contribution >= 4 is 5.95 Å². The van der Waals surface area contributed by atoms with E-state index in [1.54, 1.807) is 0 Å². The Balaban J connectivity index is 1.28. The summed E-state index contributed by atoms with van der Waals surface area (Å²) in [6.45, 7) is 4.36. The zero-order valence-corrected chi connectivity index (χ0v) is 14.2. The Labute approximate surface area is 144 Å². The van der Waals surface area contributed by atoms with Crippen molar-refractivity contribution in [3.8, 4) is 0 Å². The van der Waals surface area contributed by atoms with Gasteiger partial charge in [0.05, 0.1) is 0 Å². The molecule has 2 aromatic rings. The number of aromatic nitrogens is 2. The SMILES string of the molecule is c1ccc([C@H]2CC[C@H](N3CCN(c4ncccn4)CC3)CC2)cc1. The van der Waals surface area contributed by atoms with E-state index in [4.69, 9.17) is 0 Å². The Bertz CT molecular complexity index is 557. The summed E-state index contributed by atoms with van der Waals surface area (Å²) in [5, 5.41) is 0. The van der Waals surface area contributed by atoms with Crippen LogP contribution in [-0.2, 0) is 0 Å². The van der Waals surface area contributed by atoms with E-state index >= 15 is 0 Å². The second-order valence-electron chi connectivity index (χ2n) is 6.99. The summed E-state index contributed by atoms with van der Waals surface area (Å²) in [7, 11) is 0. The van der Waals surface area contributed by atoms with Crippen LogP contribution in [0.4, 0.5) is 5.95 Å². The van der Waals surface area contributed by atoms with Crippen LogP contribution in [0.15, 0.2) is 48.8 Å². The number of nitrogens with zero attached hydrogens (tertiary/aromatic N) is 4. The van der Waals surface area contributed by atoms with Gasteiger partial charge in [-0.2, -0.15) is 0 Å². The van der Waals surface area contributed by atoms with Gasteiger partial charge < -0.3 is 4.90 Å². The van der Waals surface area contributed by atoms with E-state index < -0.39 is 0 Å². The van der Waals surface area contributed by atoms with Gasteiger partial charge in [0.15, 0.2) is 0 Å². The molecule has 4 heteroatoms. The Morgan fingerprint density at radius 2 is 1.42 bits per heavy atom. The summed E-state index contributed by atoms with van der Waals surface area (Å²) >= 11 is 0. The predicted molar refractivity (Wildman–Crippen MR) is 97.3 cm³/mol. The second kappa shape index (κ2) is 7.31. The van der Waals surface area contributed by atoms with Gasteiger partial charge in [-0.3, -0.25) is 4.90 Å². The molecule has 4 nitrogen and oxygen atoms in total. The molecule has 0 bridgehead atoms. The van der Waals surface area contributed by atoms with Gasteiger partial charge in [-0.1, -0.05) is 30.3 Å². The Morgan fingerprint density at radius 3 is 2.08 bits per heavy atom. The van der Waals surface area contributed by atoms with Gasteiger partial charge in [-0.15, -0.1) is 0 Å². The van der Waals surface area contributed by atoms with Crippen molar-refractivity contribution in [1.82, 2.24) is 14.9 Å². The molecule has 2 aliphatic rings. The van der Waals surface area contributed by atoms with Crippen LogP contribution in [0, 0.1) is 0 Å². The van der Waals surface area contributed by atoms with Crippen molar-refractivity contribution in [3.63, 3.8) is 0 Å². The van der Waals surface area contributed by atoms with E-state index in [9.17, 15) is 0 Å². The van der Waals surface area contributed by atoms with E-state index in [0.29, 0.717) is 0 Å². The third kappa shape index (κ3) is 3.44. The zero-order valence-electron chi connectivity index (χ0n) is 14.2. The molecule has 24 heavy (non-hydrogen) atoms. The van der Waals surface area contributed by atoms with Crippen LogP contribution in [0.1, 0.15) is 37.2 Å². The number of rotatable bonds is 3. The highest BCUT2D eigenvalue weighted by Gasteiger charge is 2.29. The monoisotopic (exact) mass is 322 g/mol. The molecule has 2 heterocycles. The smallest absolute Gasteiger partial charge is 0.225 e. The third-order valence-electron chi connectivity index (χ3n) is 5.63. The Morgan fingerprint density at radius 1 is 0.750 bits per heavy atom. The summed E-state index contributed by atoms with van der Waals surface area (Å²) in [6.07, 6.45) is 9.00. The molecule has 1 aliphatic heterocycles. The zero-order chi connectivity index (χ0) is 16.2. The molecule has 1 aromatic heterocycles. The molecule has 1 aliphatic carbocycles. The van der Waals surface area contributed by atoms with Crippen LogP contribution in [0.5, 0.6) is 0 Å². The van der Waals surface area contributed by atoms with Gasteiger partial charge in [0.2, 0.25) is 5.95 Å². The normalized spacial score (nSPS) is 25.6. The maximum absolute atomic E-state index is 4.38. The molecule has 1 saturated carbocycles. The van der Waals surface area contributed by atoms with E-state index in [1.165, 1.54) is 31.2 Å². The molecular weight excluding hydrogens is 296 g/mol. The standard InChI is InChI=1S/C20H26N4/c1-2-5-17(6-3-1)18-7-9-19(10-8-18)23-13-15-24(16-14-23)20-21-11-4-12-22-20/h1-6,11-12,18-19H,7-10,13-16H2/t18-,19-. The van der Waals surface area contributed by atoms with Crippen molar-refractivity contribution < 1.29 is 0 Å². The van der Waals surface area contributed by atoms with Crippen molar-refractivity contribution in [2.45, 2.75) is 37.6 Å². The maximum Gasteiger partial charge on any atom is 0.225 e. The average Bonchev–Trinajstić information content (AvgIpc) is 2.70. The molecule has 0 spiro atoms. The third-order valence-corrected chi connectivity index (χ3v) is 5.63. The quantitative estimate of drug-likeness (QED) is 0.868. The minimum absolute atomic E-state index is 0.765. The number of piperazine rings is 1. The first-order valence-corrected chi connectivity index (χ1v) is 9.21. The van der Waals surface area contributed by atoms with Gasteiger partial charge in [-0.05, 0) is 43.2 Å². The minimum atomic E-state index is 0.765. The summed E-state index contributed by atoms with van der Waals surface area (Å²) in [4.78, 5) is 13.8. The lowest BCUT2D eigenvalue weighted by Gasteiger charge is -2.42. The summed E-state index contributed by atoms with van der Waals surface area (Å²) in [6, 6.07) is 13.7. The van der Waals surface area contributed by atoms with Gasteiger partial charge >= 0.3 is 0 Å². The fourth-order valence-electron chi connectivity index (χ4n) is 4.24. The second-order valence-corrected chi connectivity index (χ2v) is 6.99. The number of hydrogen-bond donors (Lipinski definition) is 0. The van der Waals surface area contributed by atoms with Gasteiger partial charge in [0.1, 0.15) is 0 Å². The molecule has 4 rings (SSSR count). The van der Waals surface area contributed by atoms with Crippen molar-refractivity contribution in [3.05, 3.63) is 54.4 Å². The fraction of sp³-hybridized carbons (Fsp3) is 0.500. The maximum atomic E-state index is 4.38. The molecule has 1 saturated heterocycles. The molecule has 2 fully saturated rings. The van der Waals surface area contributed by atoms with Crippen LogP contribution in [0.3, 0.4) is 0 Å². The van der Waals surface area contributed by atoms with Crippen molar-refractivity contribution in [2.24, 2.45) is 0 Å². The summed E-state index contributed by atoms with van der Waals surface area (Å²) < 4.78 is 0. The van der Waals surface area contributed by atoms with Gasteiger partial charge in [-0.25, -0.2) is 9.97 Å². The lowest BCUT2D eigenvalue weighted by Crippen LogP contribution is -2.51. The number of anilines is 1. The van der Waals surface area contributed by atoms with E-state index in [0.717, 1.165) is 44.1 Å². The first-order chi connectivity index (χ1) is 11.9. The molecule has 0 N–H and O–H groups in total. The summed E-state index contributed by atoms with van der Waals surface area (Å²) in [5.41, 5.74) is 1.53. The molecule has 126 valence electrons. The van der Waals surface area contributed by atoms with Crippen LogP contribution >= 0.6 is 0 Å². The Kier molecular flexibility index (Phi) is 4.74. The average molecular weight is 322 g/mol. The molecule has 0 radical (unpaired) electrons. The predicted octanol–water partition coefficient (Wildman–Crippen LogP) is 3.33. The van der Waals surface area contributed by atoms with Gasteiger partial charge in [0, 0.05) is 44.6 Å². The molecular formula is C20H26N4. The van der Waals surface area contributed by atoms with Crippen molar-refractivity contribution in [1.29, 1.82) is 0 Å². The lowest BCUT2D eigenvalue weighted by molar-refractivity contribution is 0.141. The van der Waals surface area contributed by atoms with E-state index in [1.807, 2.05) is 18.5 Å². The van der Waals surface area contributed by atoms with Crippen molar-refractivity contribution in [2.75, 3.05) is 31.1 Å². The van der Waals surface area contributed by atoms with Gasteiger partial charge in [0.25, 0.3) is 0 Å². The molecule has 0 atom stereocenters.